The molecule has 5 aromatic rings. The number of carbonyl (C=O) groups excluding carboxylic acids is 2. The van der Waals surface area contributed by atoms with E-state index < -0.39 is 23.5 Å². The molecule has 1 amide bonds. The number of hydrogen-bond acceptors (Lipinski definition) is 7. The zero-order valence-corrected chi connectivity index (χ0v) is 23.5. The minimum atomic E-state index is -1.03. The van der Waals surface area contributed by atoms with Gasteiger partial charge in [-0.3, -0.25) is 14.5 Å². The van der Waals surface area contributed by atoms with E-state index in [9.17, 15) is 19.1 Å². The minimum absolute atomic E-state index is 0.0886. The van der Waals surface area contributed by atoms with Gasteiger partial charge in [0.15, 0.2) is 16.6 Å². The first-order valence-electron chi connectivity index (χ1n) is 13.1. The predicted molar refractivity (Wildman–Crippen MR) is 159 cm³/mol. The van der Waals surface area contributed by atoms with Crippen molar-refractivity contribution in [3.8, 4) is 11.5 Å². The number of carbonyl (C=O) groups is 2. The molecule has 1 fully saturated rings. The van der Waals surface area contributed by atoms with E-state index in [1.807, 2.05) is 49.4 Å². The first-order valence-corrected chi connectivity index (χ1v) is 13.9. The summed E-state index contributed by atoms with van der Waals surface area (Å²) in [6.07, 6.45) is 0. The molecule has 1 aromatic heterocycles. The van der Waals surface area contributed by atoms with Crippen LogP contribution in [0.15, 0.2) is 96.6 Å². The SMILES string of the molecule is COc1cc(C2/C(=C(\O)c3ccc(C)cc3)C(=O)C(=O)N2c2nc3ccc(F)cc3s2)ccc1OCc1ccccc1. The Morgan fingerprint density at radius 1 is 0.976 bits per heavy atom. The van der Waals surface area contributed by atoms with E-state index in [2.05, 4.69) is 4.98 Å². The van der Waals surface area contributed by atoms with E-state index in [1.165, 1.54) is 30.2 Å². The average Bonchev–Trinajstić information content (AvgIpc) is 3.53. The molecule has 1 N–H and O–H groups in total. The lowest BCUT2D eigenvalue weighted by atomic mass is 9.95. The molecule has 0 bridgehead atoms. The molecule has 0 spiro atoms. The maximum Gasteiger partial charge on any atom is 0.301 e. The summed E-state index contributed by atoms with van der Waals surface area (Å²) < 4.78 is 26.1. The molecule has 1 unspecified atom stereocenters. The third-order valence-electron chi connectivity index (χ3n) is 7.06. The van der Waals surface area contributed by atoms with Crippen LogP contribution in [0.2, 0.25) is 0 Å². The Bertz CT molecular complexity index is 1850. The van der Waals surface area contributed by atoms with Crippen LogP contribution in [0.25, 0.3) is 16.0 Å². The van der Waals surface area contributed by atoms with E-state index in [1.54, 1.807) is 30.3 Å². The lowest BCUT2D eigenvalue weighted by Crippen LogP contribution is -2.29. The van der Waals surface area contributed by atoms with Crippen LogP contribution in [0.1, 0.15) is 28.3 Å². The lowest BCUT2D eigenvalue weighted by molar-refractivity contribution is -0.132. The highest BCUT2D eigenvalue weighted by Crippen LogP contribution is 2.46. The van der Waals surface area contributed by atoms with Crippen molar-refractivity contribution in [2.24, 2.45) is 0 Å². The van der Waals surface area contributed by atoms with Gasteiger partial charge in [0.25, 0.3) is 5.78 Å². The Labute approximate surface area is 245 Å². The third-order valence-corrected chi connectivity index (χ3v) is 8.07. The number of Topliss-reactive ketones (excluding diaryl/α,β-unsaturated/α-hetero) is 1. The lowest BCUT2D eigenvalue weighted by Gasteiger charge is -2.24. The van der Waals surface area contributed by atoms with Crippen molar-refractivity contribution in [3.63, 3.8) is 0 Å². The van der Waals surface area contributed by atoms with Crippen molar-refractivity contribution in [2.45, 2.75) is 19.6 Å². The van der Waals surface area contributed by atoms with Crippen molar-refractivity contribution in [3.05, 3.63) is 125 Å². The fourth-order valence-corrected chi connectivity index (χ4v) is 5.93. The molecular weight excluding hydrogens is 555 g/mol. The normalized spacial score (nSPS) is 16.3. The largest absolute Gasteiger partial charge is 0.507 e. The maximum absolute atomic E-state index is 14.0. The summed E-state index contributed by atoms with van der Waals surface area (Å²) in [4.78, 5) is 32.9. The number of ether oxygens (including phenoxy) is 2. The number of hydrogen-bond donors (Lipinski definition) is 1. The van der Waals surface area contributed by atoms with Gasteiger partial charge in [-0.1, -0.05) is 77.6 Å². The molecule has 7 nitrogen and oxygen atoms in total. The molecule has 1 saturated heterocycles. The van der Waals surface area contributed by atoms with Gasteiger partial charge in [0.05, 0.1) is 28.9 Å². The number of fused-ring (bicyclic) bond motifs is 1. The van der Waals surface area contributed by atoms with Gasteiger partial charge in [-0.15, -0.1) is 0 Å². The number of ketones is 1. The third kappa shape index (κ3) is 4.99. The second-order valence-corrected chi connectivity index (χ2v) is 10.8. The number of rotatable bonds is 7. The van der Waals surface area contributed by atoms with E-state index in [0.29, 0.717) is 39.4 Å². The van der Waals surface area contributed by atoms with E-state index >= 15 is 0 Å². The van der Waals surface area contributed by atoms with Crippen LogP contribution in [-0.2, 0) is 16.2 Å². The molecule has 0 saturated carbocycles. The molecule has 6 rings (SSSR count). The second-order valence-electron chi connectivity index (χ2n) is 9.83. The Morgan fingerprint density at radius 3 is 2.48 bits per heavy atom. The minimum Gasteiger partial charge on any atom is -0.507 e. The van der Waals surface area contributed by atoms with Crippen LogP contribution in [0.5, 0.6) is 11.5 Å². The predicted octanol–water partition coefficient (Wildman–Crippen LogP) is 6.96. The van der Waals surface area contributed by atoms with E-state index in [-0.39, 0.29) is 16.5 Å². The molecule has 1 aliphatic rings. The summed E-state index contributed by atoms with van der Waals surface area (Å²) in [6, 6.07) is 24.9. The second kappa shape index (κ2) is 11.1. The standard InChI is InChI=1S/C33H25FN2O5S/c1-19-8-10-21(11-9-19)30(37)28-29(22-12-15-25(26(16-22)40-2)41-18-20-6-4-3-5-7-20)36(32(39)31(28)38)33-35-24-14-13-23(34)17-27(24)42-33/h3-17,29,37H,18H2,1-2H3/b30-28+. The molecule has 1 atom stereocenters. The highest BCUT2D eigenvalue weighted by atomic mass is 32.1. The van der Waals surface area contributed by atoms with Crippen molar-refractivity contribution in [1.82, 2.24) is 4.98 Å². The monoisotopic (exact) mass is 580 g/mol. The highest BCUT2D eigenvalue weighted by molar-refractivity contribution is 7.22. The van der Waals surface area contributed by atoms with Gasteiger partial charge in [-0.05, 0) is 48.4 Å². The number of aromatic nitrogens is 1. The number of halogens is 1. The first-order chi connectivity index (χ1) is 20.3. The zero-order chi connectivity index (χ0) is 29.4. The molecule has 210 valence electrons. The fraction of sp³-hybridized carbons (Fsp3) is 0.121. The average molecular weight is 581 g/mol. The Morgan fingerprint density at radius 2 is 1.74 bits per heavy atom. The molecule has 0 aliphatic carbocycles. The van der Waals surface area contributed by atoms with Gasteiger partial charge in [-0.25, -0.2) is 9.37 Å². The molecule has 9 heteroatoms. The van der Waals surface area contributed by atoms with Gasteiger partial charge >= 0.3 is 5.91 Å². The first kappa shape index (κ1) is 27.2. The van der Waals surface area contributed by atoms with Crippen LogP contribution in [-0.4, -0.2) is 28.9 Å². The van der Waals surface area contributed by atoms with Crippen LogP contribution >= 0.6 is 11.3 Å². The fourth-order valence-electron chi connectivity index (χ4n) is 4.91. The number of benzene rings is 4. The number of aliphatic hydroxyl groups excluding tert-OH is 1. The molecule has 42 heavy (non-hydrogen) atoms. The van der Waals surface area contributed by atoms with Crippen LogP contribution in [0.4, 0.5) is 9.52 Å². The number of amides is 1. The van der Waals surface area contributed by atoms with E-state index in [0.717, 1.165) is 22.5 Å². The van der Waals surface area contributed by atoms with Crippen LogP contribution in [0.3, 0.4) is 0 Å². The van der Waals surface area contributed by atoms with Crippen molar-refractivity contribution in [1.29, 1.82) is 0 Å². The van der Waals surface area contributed by atoms with Gasteiger partial charge in [0.2, 0.25) is 0 Å². The highest BCUT2D eigenvalue weighted by Gasteiger charge is 2.48. The summed E-state index contributed by atoms with van der Waals surface area (Å²) in [5.74, 6) is -1.60. The number of anilines is 1. The molecular formula is C33H25FN2O5S. The van der Waals surface area contributed by atoms with Crippen LogP contribution < -0.4 is 14.4 Å². The van der Waals surface area contributed by atoms with Crippen LogP contribution in [0, 0.1) is 12.7 Å². The van der Waals surface area contributed by atoms with Crippen molar-refractivity contribution in [2.75, 3.05) is 12.0 Å². The summed E-state index contributed by atoms with van der Waals surface area (Å²) >= 11 is 1.08. The van der Waals surface area contributed by atoms with Crippen molar-refractivity contribution >= 4 is 44.1 Å². The summed E-state index contributed by atoms with van der Waals surface area (Å²) in [5.41, 5.74) is 3.23. The molecule has 0 radical (unpaired) electrons. The number of aryl methyl sites for hydroxylation is 1. The molecule has 4 aromatic carbocycles. The van der Waals surface area contributed by atoms with Gasteiger partial charge in [0.1, 0.15) is 18.2 Å². The summed E-state index contributed by atoms with van der Waals surface area (Å²) in [7, 11) is 1.50. The number of methoxy groups -OCH3 is 1. The molecule has 1 aliphatic heterocycles. The van der Waals surface area contributed by atoms with Gasteiger partial charge < -0.3 is 14.6 Å². The van der Waals surface area contributed by atoms with E-state index in [4.69, 9.17) is 9.47 Å². The number of thiazole rings is 1. The maximum atomic E-state index is 14.0. The smallest absolute Gasteiger partial charge is 0.301 e. The summed E-state index contributed by atoms with van der Waals surface area (Å²) in [6.45, 7) is 2.22. The summed E-state index contributed by atoms with van der Waals surface area (Å²) in [5, 5.41) is 11.6. The number of aliphatic hydroxyl groups is 1. The molecule has 2 heterocycles. The van der Waals surface area contributed by atoms with Gasteiger partial charge in [-0.2, -0.15) is 0 Å². The zero-order valence-electron chi connectivity index (χ0n) is 22.7. The Kier molecular flexibility index (Phi) is 7.18. The Balaban J connectivity index is 1.48. The topological polar surface area (TPSA) is 89.0 Å². The quantitative estimate of drug-likeness (QED) is 0.127. The van der Waals surface area contributed by atoms with Crippen molar-refractivity contribution < 1.29 is 28.6 Å². The number of nitrogens with zero attached hydrogens (tertiary/aromatic N) is 2. The van der Waals surface area contributed by atoms with Gasteiger partial charge in [0, 0.05) is 5.56 Å². The Hall–Kier alpha value is -5.02.